The summed E-state index contributed by atoms with van der Waals surface area (Å²) in [5.41, 5.74) is 6.76. The second-order valence-electron chi connectivity index (χ2n) is 6.40. The van der Waals surface area contributed by atoms with Crippen LogP contribution in [0.1, 0.15) is 11.1 Å². The van der Waals surface area contributed by atoms with Gasteiger partial charge in [-0.05, 0) is 55.7 Å². The van der Waals surface area contributed by atoms with E-state index in [4.69, 9.17) is 9.31 Å². The molecule has 4 heteroatoms. The molecule has 0 spiro atoms. The Bertz CT molecular complexity index is 797. The van der Waals surface area contributed by atoms with E-state index in [1.165, 1.54) is 11.1 Å². The van der Waals surface area contributed by atoms with Crippen molar-refractivity contribution in [2.45, 2.75) is 13.8 Å². The predicted octanol–water partition coefficient (Wildman–Crippen LogP) is 4.76. The van der Waals surface area contributed by atoms with E-state index in [0.29, 0.717) is 0 Å². The van der Waals surface area contributed by atoms with Gasteiger partial charge in [-0.15, -0.1) is 0 Å². The Morgan fingerprint density at radius 1 is 0.654 bits per heavy atom. The molecular formula is C22H24BNO2. The van der Waals surface area contributed by atoms with Crippen molar-refractivity contribution in [3.05, 3.63) is 83.9 Å². The summed E-state index contributed by atoms with van der Waals surface area (Å²) in [7, 11) is 2.92. The molecule has 0 N–H and O–H groups in total. The zero-order chi connectivity index (χ0) is 18.5. The van der Waals surface area contributed by atoms with E-state index in [1.54, 1.807) is 14.2 Å². The molecule has 3 aromatic carbocycles. The summed E-state index contributed by atoms with van der Waals surface area (Å²) in [6.45, 7) is 4.20. The fourth-order valence-corrected chi connectivity index (χ4v) is 3.01. The summed E-state index contributed by atoms with van der Waals surface area (Å²) >= 11 is 0. The monoisotopic (exact) mass is 345 g/mol. The van der Waals surface area contributed by atoms with Crippen LogP contribution in [0.15, 0.2) is 72.8 Å². The third-order valence-electron chi connectivity index (χ3n) is 4.41. The highest BCUT2D eigenvalue weighted by atomic mass is 16.6. The first-order valence-electron chi connectivity index (χ1n) is 8.71. The minimum absolute atomic E-state index is 0.382. The molecule has 0 fully saturated rings. The van der Waals surface area contributed by atoms with Gasteiger partial charge in [-0.3, -0.25) is 0 Å². The minimum Gasteiger partial charge on any atom is -0.410 e. The maximum absolute atomic E-state index is 5.42. The molecule has 0 saturated heterocycles. The molecule has 0 aliphatic heterocycles. The second-order valence-corrected chi connectivity index (χ2v) is 6.40. The molecule has 0 radical (unpaired) electrons. The Hall–Kier alpha value is -2.56. The molecular weight excluding hydrogens is 321 g/mol. The fraction of sp³-hybridized carbons (Fsp3) is 0.182. The smallest absolute Gasteiger partial charge is 0.410 e. The van der Waals surface area contributed by atoms with E-state index in [2.05, 4.69) is 79.4 Å². The molecule has 3 rings (SSSR count). The Morgan fingerprint density at radius 2 is 1.15 bits per heavy atom. The standard InChI is InChI=1S/C22H24BNO2/c1-17-8-12-20(13-9-17)24(21-14-10-18(2)11-15-21)22-7-5-6-19(16-22)23(25-3)26-4/h5-16H,1-4H3. The van der Waals surface area contributed by atoms with Gasteiger partial charge in [0.2, 0.25) is 0 Å². The maximum Gasteiger partial charge on any atom is 0.493 e. The van der Waals surface area contributed by atoms with Gasteiger partial charge in [0.15, 0.2) is 0 Å². The lowest BCUT2D eigenvalue weighted by atomic mass is 9.79. The Balaban J connectivity index is 2.10. The molecule has 0 heterocycles. The summed E-state index contributed by atoms with van der Waals surface area (Å²) in [4.78, 5) is 2.24. The van der Waals surface area contributed by atoms with E-state index in [9.17, 15) is 0 Å². The van der Waals surface area contributed by atoms with Crippen LogP contribution in [0.4, 0.5) is 17.1 Å². The lowest BCUT2D eigenvalue weighted by Crippen LogP contribution is -2.35. The Morgan fingerprint density at radius 3 is 1.62 bits per heavy atom. The summed E-state index contributed by atoms with van der Waals surface area (Å²) in [6.07, 6.45) is 0. The minimum atomic E-state index is -0.382. The van der Waals surface area contributed by atoms with Crippen molar-refractivity contribution in [2.24, 2.45) is 0 Å². The molecule has 3 nitrogen and oxygen atoms in total. The molecule has 0 amide bonds. The highest BCUT2D eigenvalue weighted by Crippen LogP contribution is 2.34. The maximum atomic E-state index is 5.42. The predicted molar refractivity (Wildman–Crippen MR) is 110 cm³/mol. The molecule has 0 aromatic heterocycles. The summed E-state index contributed by atoms with van der Waals surface area (Å²) in [5.74, 6) is 0. The number of anilines is 3. The summed E-state index contributed by atoms with van der Waals surface area (Å²) in [6, 6.07) is 25.4. The van der Waals surface area contributed by atoms with E-state index < -0.39 is 0 Å². The number of rotatable bonds is 6. The quantitative estimate of drug-likeness (QED) is 0.601. The van der Waals surface area contributed by atoms with Gasteiger partial charge in [-0.2, -0.15) is 0 Å². The zero-order valence-corrected chi connectivity index (χ0v) is 15.8. The third kappa shape index (κ3) is 3.98. The van der Waals surface area contributed by atoms with Crippen LogP contribution in [0.3, 0.4) is 0 Å². The third-order valence-corrected chi connectivity index (χ3v) is 4.41. The lowest BCUT2D eigenvalue weighted by molar-refractivity contribution is 0.292. The molecule has 26 heavy (non-hydrogen) atoms. The summed E-state index contributed by atoms with van der Waals surface area (Å²) in [5, 5.41) is 0. The van der Waals surface area contributed by atoms with Crippen LogP contribution in [0.2, 0.25) is 0 Å². The Kier molecular flexibility index (Phi) is 5.76. The number of aryl methyl sites for hydroxylation is 2. The average molecular weight is 345 g/mol. The molecule has 3 aromatic rings. The normalized spacial score (nSPS) is 10.6. The highest BCUT2D eigenvalue weighted by molar-refractivity contribution is 6.61. The average Bonchev–Trinajstić information content (AvgIpc) is 2.66. The second kappa shape index (κ2) is 8.22. The number of benzene rings is 3. The molecule has 132 valence electrons. The number of hydrogen-bond acceptors (Lipinski definition) is 3. The molecule has 0 saturated carbocycles. The van der Waals surface area contributed by atoms with Crippen LogP contribution in [-0.2, 0) is 9.31 Å². The van der Waals surface area contributed by atoms with Gasteiger partial charge in [0.1, 0.15) is 0 Å². The van der Waals surface area contributed by atoms with Gasteiger partial charge in [-0.1, -0.05) is 47.5 Å². The first-order chi connectivity index (χ1) is 12.6. The number of nitrogens with zero attached hydrogens (tertiary/aromatic N) is 1. The van der Waals surface area contributed by atoms with Crippen molar-refractivity contribution in [2.75, 3.05) is 19.1 Å². The first-order valence-corrected chi connectivity index (χ1v) is 8.71. The van der Waals surface area contributed by atoms with E-state index in [1.807, 2.05) is 12.1 Å². The van der Waals surface area contributed by atoms with Gasteiger partial charge in [0.05, 0.1) is 0 Å². The molecule has 0 unspecified atom stereocenters. The van der Waals surface area contributed by atoms with E-state index >= 15 is 0 Å². The summed E-state index contributed by atoms with van der Waals surface area (Å²) < 4.78 is 10.8. The largest absolute Gasteiger partial charge is 0.493 e. The van der Waals surface area contributed by atoms with Crippen molar-refractivity contribution in [1.82, 2.24) is 0 Å². The van der Waals surface area contributed by atoms with Gasteiger partial charge in [0, 0.05) is 31.3 Å². The highest BCUT2D eigenvalue weighted by Gasteiger charge is 2.20. The molecule has 0 aliphatic carbocycles. The van der Waals surface area contributed by atoms with E-state index in [0.717, 1.165) is 22.5 Å². The van der Waals surface area contributed by atoms with Gasteiger partial charge >= 0.3 is 7.12 Å². The van der Waals surface area contributed by atoms with Crippen LogP contribution in [0.5, 0.6) is 0 Å². The van der Waals surface area contributed by atoms with Crippen molar-refractivity contribution in [1.29, 1.82) is 0 Å². The van der Waals surface area contributed by atoms with Crippen LogP contribution in [0, 0.1) is 13.8 Å². The van der Waals surface area contributed by atoms with Crippen LogP contribution in [0.25, 0.3) is 0 Å². The zero-order valence-electron chi connectivity index (χ0n) is 15.8. The molecule has 0 atom stereocenters. The van der Waals surface area contributed by atoms with Crippen molar-refractivity contribution in [3.63, 3.8) is 0 Å². The van der Waals surface area contributed by atoms with E-state index in [-0.39, 0.29) is 7.12 Å². The number of hydrogen-bond donors (Lipinski definition) is 0. The lowest BCUT2D eigenvalue weighted by Gasteiger charge is -2.26. The van der Waals surface area contributed by atoms with Gasteiger partial charge < -0.3 is 14.2 Å². The van der Waals surface area contributed by atoms with Crippen LogP contribution < -0.4 is 10.4 Å². The van der Waals surface area contributed by atoms with Crippen molar-refractivity contribution >= 4 is 29.6 Å². The molecule has 0 bridgehead atoms. The Labute approximate surface area is 156 Å². The van der Waals surface area contributed by atoms with Gasteiger partial charge in [0.25, 0.3) is 0 Å². The van der Waals surface area contributed by atoms with Crippen molar-refractivity contribution < 1.29 is 9.31 Å². The SMILES string of the molecule is COB(OC)c1cccc(N(c2ccc(C)cc2)c2ccc(C)cc2)c1. The topological polar surface area (TPSA) is 21.7 Å². The first kappa shape index (κ1) is 18.2. The fourth-order valence-electron chi connectivity index (χ4n) is 3.01. The van der Waals surface area contributed by atoms with Crippen LogP contribution >= 0.6 is 0 Å². The van der Waals surface area contributed by atoms with Gasteiger partial charge in [-0.25, -0.2) is 0 Å². The van der Waals surface area contributed by atoms with Crippen LogP contribution in [-0.4, -0.2) is 21.3 Å². The molecule has 0 aliphatic rings. The van der Waals surface area contributed by atoms with Crippen molar-refractivity contribution in [3.8, 4) is 0 Å².